The van der Waals surface area contributed by atoms with Crippen LogP contribution in [0.5, 0.6) is 11.5 Å². The SMILES string of the molecule is CCc1c(C(=O)O)c(=O)[nH]c2cc3c(cc12)OCCO3. The Hall–Kier alpha value is -2.50. The molecule has 0 fully saturated rings. The Labute approximate surface area is 113 Å². The topological polar surface area (TPSA) is 88.6 Å². The van der Waals surface area contributed by atoms with E-state index >= 15 is 0 Å². The number of aromatic amines is 1. The number of hydrogen-bond acceptors (Lipinski definition) is 4. The van der Waals surface area contributed by atoms with E-state index in [2.05, 4.69) is 4.98 Å². The Morgan fingerprint density at radius 3 is 2.55 bits per heavy atom. The van der Waals surface area contributed by atoms with Gasteiger partial charge >= 0.3 is 5.97 Å². The molecule has 2 N–H and O–H groups in total. The molecule has 2 aromatic rings. The van der Waals surface area contributed by atoms with Crippen LogP contribution in [0.25, 0.3) is 10.9 Å². The Kier molecular flexibility index (Phi) is 2.85. The Bertz CT molecular complexity index is 762. The van der Waals surface area contributed by atoms with Crippen molar-refractivity contribution in [3.8, 4) is 11.5 Å². The number of H-pyrrole nitrogens is 1. The average molecular weight is 275 g/mol. The van der Waals surface area contributed by atoms with Crippen LogP contribution < -0.4 is 15.0 Å². The predicted molar refractivity (Wildman–Crippen MR) is 71.9 cm³/mol. The highest BCUT2D eigenvalue weighted by Crippen LogP contribution is 2.35. The van der Waals surface area contributed by atoms with Crippen molar-refractivity contribution in [2.45, 2.75) is 13.3 Å². The summed E-state index contributed by atoms with van der Waals surface area (Å²) >= 11 is 0. The summed E-state index contributed by atoms with van der Waals surface area (Å²) in [4.78, 5) is 25.8. The number of benzene rings is 1. The van der Waals surface area contributed by atoms with Gasteiger partial charge in [-0.3, -0.25) is 4.79 Å². The zero-order valence-electron chi connectivity index (χ0n) is 10.9. The van der Waals surface area contributed by atoms with Crippen LogP contribution in [-0.2, 0) is 6.42 Å². The summed E-state index contributed by atoms with van der Waals surface area (Å²) in [6.45, 7) is 2.73. The van der Waals surface area contributed by atoms with Crippen molar-refractivity contribution >= 4 is 16.9 Å². The summed E-state index contributed by atoms with van der Waals surface area (Å²) in [6, 6.07) is 3.40. The second kappa shape index (κ2) is 4.56. The fraction of sp³-hybridized carbons (Fsp3) is 0.286. The summed E-state index contributed by atoms with van der Waals surface area (Å²) in [7, 11) is 0. The van der Waals surface area contributed by atoms with E-state index in [0.717, 1.165) is 0 Å². The molecule has 20 heavy (non-hydrogen) atoms. The molecule has 0 bridgehead atoms. The molecule has 1 aromatic heterocycles. The van der Waals surface area contributed by atoms with Gasteiger partial charge < -0.3 is 19.6 Å². The first-order valence-electron chi connectivity index (χ1n) is 6.33. The normalized spacial score (nSPS) is 13.4. The van der Waals surface area contributed by atoms with Gasteiger partial charge in [-0.05, 0) is 18.1 Å². The van der Waals surface area contributed by atoms with Crippen molar-refractivity contribution in [1.29, 1.82) is 0 Å². The monoisotopic (exact) mass is 275 g/mol. The second-order valence-electron chi connectivity index (χ2n) is 4.51. The van der Waals surface area contributed by atoms with Gasteiger partial charge in [-0.25, -0.2) is 4.79 Å². The number of aryl methyl sites for hydroxylation is 1. The minimum absolute atomic E-state index is 0.211. The quantitative estimate of drug-likeness (QED) is 0.868. The molecule has 1 aliphatic rings. The first-order valence-corrected chi connectivity index (χ1v) is 6.33. The molecule has 0 atom stereocenters. The fourth-order valence-electron chi connectivity index (χ4n) is 2.49. The minimum atomic E-state index is -1.22. The molecule has 0 radical (unpaired) electrons. The van der Waals surface area contributed by atoms with Crippen LogP contribution in [0.2, 0.25) is 0 Å². The van der Waals surface area contributed by atoms with Crippen LogP contribution in [0.1, 0.15) is 22.8 Å². The number of rotatable bonds is 2. The molecule has 6 heteroatoms. The van der Waals surface area contributed by atoms with Gasteiger partial charge in [0.2, 0.25) is 0 Å². The number of carboxylic acids is 1. The summed E-state index contributed by atoms with van der Waals surface area (Å²) in [5, 5.41) is 9.87. The standard InChI is InChI=1S/C14H13NO5/c1-2-7-8-5-10-11(20-4-3-19-10)6-9(8)15-13(16)12(7)14(17)18/h5-6H,2-4H2,1H3,(H,15,16)(H,17,18). The highest BCUT2D eigenvalue weighted by Gasteiger charge is 2.20. The largest absolute Gasteiger partial charge is 0.486 e. The summed E-state index contributed by atoms with van der Waals surface area (Å²) in [5.74, 6) is -0.0914. The number of aromatic carboxylic acids is 1. The molecule has 1 aromatic carbocycles. The lowest BCUT2D eigenvalue weighted by atomic mass is 10.0. The van der Waals surface area contributed by atoms with Gasteiger partial charge in [-0.1, -0.05) is 6.92 Å². The number of carboxylic acid groups (broad SMARTS) is 1. The number of ether oxygens (including phenoxy) is 2. The van der Waals surface area contributed by atoms with E-state index < -0.39 is 11.5 Å². The minimum Gasteiger partial charge on any atom is -0.486 e. The molecular weight excluding hydrogens is 262 g/mol. The van der Waals surface area contributed by atoms with Crippen LogP contribution in [-0.4, -0.2) is 29.3 Å². The lowest BCUT2D eigenvalue weighted by molar-refractivity contribution is 0.0694. The van der Waals surface area contributed by atoms with Crippen molar-refractivity contribution in [3.63, 3.8) is 0 Å². The van der Waals surface area contributed by atoms with Crippen molar-refractivity contribution in [3.05, 3.63) is 33.6 Å². The third-order valence-electron chi connectivity index (χ3n) is 3.35. The highest BCUT2D eigenvalue weighted by molar-refractivity contribution is 5.96. The number of nitrogens with one attached hydrogen (secondary N) is 1. The van der Waals surface area contributed by atoms with Gasteiger partial charge in [0.15, 0.2) is 11.5 Å². The Morgan fingerprint density at radius 2 is 1.95 bits per heavy atom. The van der Waals surface area contributed by atoms with Gasteiger partial charge in [-0.2, -0.15) is 0 Å². The van der Waals surface area contributed by atoms with Crippen molar-refractivity contribution in [1.82, 2.24) is 4.98 Å². The van der Waals surface area contributed by atoms with Crippen molar-refractivity contribution in [2.75, 3.05) is 13.2 Å². The fourth-order valence-corrected chi connectivity index (χ4v) is 2.49. The molecule has 0 amide bonds. The van der Waals surface area contributed by atoms with Crippen LogP contribution in [0.15, 0.2) is 16.9 Å². The molecule has 0 saturated carbocycles. The molecule has 2 heterocycles. The van der Waals surface area contributed by atoms with Gasteiger partial charge in [0.1, 0.15) is 18.8 Å². The van der Waals surface area contributed by atoms with E-state index in [0.29, 0.717) is 47.6 Å². The summed E-state index contributed by atoms with van der Waals surface area (Å²) in [6.07, 6.45) is 0.446. The van der Waals surface area contributed by atoms with Crippen LogP contribution >= 0.6 is 0 Å². The third kappa shape index (κ3) is 1.80. The van der Waals surface area contributed by atoms with Crippen LogP contribution in [0, 0.1) is 0 Å². The highest BCUT2D eigenvalue weighted by atomic mass is 16.6. The molecule has 0 saturated heterocycles. The van der Waals surface area contributed by atoms with Crippen molar-refractivity contribution in [2.24, 2.45) is 0 Å². The lowest BCUT2D eigenvalue weighted by Gasteiger charge is -2.19. The Balaban J connectivity index is 2.38. The zero-order valence-corrected chi connectivity index (χ0v) is 10.9. The van der Waals surface area contributed by atoms with E-state index in [9.17, 15) is 14.7 Å². The molecule has 0 aliphatic carbocycles. The van der Waals surface area contributed by atoms with E-state index in [1.165, 1.54) is 0 Å². The maximum atomic E-state index is 11.9. The number of fused-ring (bicyclic) bond motifs is 2. The van der Waals surface area contributed by atoms with E-state index in [-0.39, 0.29) is 5.56 Å². The van der Waals surface area contributed by atoms with Gasteiger partial charge in [0.05, 0.1) is 5.52 Å². The Morgan fingerprint density at radius 1 is 1.30 bits per heavy atom. The molecule has 6 nitrogen and oxygen atoms in total. The molecular formula is C14H13NO5. The van der Waals surface area contributed by atoms with Crippen LogP contribution in [0.3, 0.4) is 0 Å². The zero-order chi connectivity index (χ0) is 14.3. The van der Waals surface area contributed by atoms with Crippen LogP contribution in [0.4, 0.5) is 0 Å². The molecule has 0 spiro atoms. The van der Waals surface area contributed by atoms with Gasteiger partial charge in [-0.15, -0.1) is 0 Å². The average Bonchev–Trinajstić information content (AvgIpc) is 2.43. The third-order valence-corrected chi connectivity index (χ3v) is 3.35. The van der Waals surface area contributed by atoms with Crippen molar-refractivity contribution < 1.29 is 19.4 Å². The number of hydrogen-bond donors (Lipinski definition) is 2. The van der Waals surface area contributed by atoms with E-state index in [1.807, 2.05) is 6.92 Å². The number of pyridine rings is 1. The van der Waals surface area contributed by atoms with Gasteiger partial charge in [0.25, 0.3) is 5.56 Å². The maximum Gasteiger partial charge on any atom is 0.341 e. The number of aromatic nitrogens is 1. The maximum absolute atomic E-state index is 11.9. The molecule has 3 rings (SSSR count). The first kappa shape index (κ1) is 12.5. The second-order valence-corrected chi connectivity index (χ2v) is 4.51. The number of carbonyl (C=O) groups is 1. The lowest BCUT2D eigenvalue weighted by Crippen LogP contribution is -2.21. The first-order chi connectivity index (χ1) is 9.61. The predicted octanol–water partition coefficient (Wildman–Crippen LogP) is 1.56. The van der Waals surface area contributed by atoms with E-state index in [4.69, 9.17) is 9.47 Å². The molecule has 104 valence electrons. The van der Waals surface area contributed by atoms with Gasteiger partial charge in [0, 0.05) is 11.5 Å². The molecule has 1 aliphatic heterocycles. The van der Waals surface area contributed by atoms with E-state index in [1.54, 1.807) is 12.1 Å². The molecule has 0 unspecified atom stereocenters. The summed E-state index contributed by atoms with van der Waals surface area (Å²) in [5.41, 5.74) is 0.254. The summed E-state index contributed by atoms with van der Waals surface area (Å²) < 4.78 is 11.0. The smallest absolute Gasteiger partial charge is 0.341 e.